The Kier molecular flexibility index (Phi) is 5.61. The number of hydrogen-bond donors (Lipinski definition) is 3. The summed E-state index contributed by atoms with van der Waals surface area (Å²) in [6.07, 6.45) is 0. The Bertz CT molecular complexity index is 653. The van der Waals surface area contributed by atoms with Crippen LogP contribution in [0.5, 0.6) is 5.75 Å². The van der Waals surface area contributed by atoms with Crippen LogP contribution in [-0.2, 0) is 6.54 Å². The van der Waals surface area contributed by atoms with Crippen LogP contribution in [-0.4, -0.2) is 10.2 Å². The molecule has 2 rings (SSSR count). The van der Waals surface area contributed by atoms with Gasteiger partial charge in [0, 0.05) is 12.2 Å². The van der Waals surface area contributed by atoms with Crippen LogP contribution < -0.4 is 10.6 Å². The Labute approximate surface area is 146 Å². The Morgan fingerprint density at radius 2 is 1.81 bits per heavy atom. The van der Waals surface area contributed by atoms with Gasteiger partial charge in [0.2, 0.25) is 0 Å². The molecule has 0 unspecified atom stereocenters. The zero-order valence-corrected chi connectivity index (χ0v) is 15.3. The van der Waals surface area contributed by atoms with Crippen molar-refractivity contribution in [2.24, 2.45) is 0 Å². The molecule has 0 spiro atoms. The number of aromatic hydroxyl groups is 1. The molecule has 21 heavy (non-hydrogen) atoms. The molecule has 3 N–H and O–H groups in total. The number of rotatable bonds is 3. The van der Waals surface area contributed by atoms with Gasteiger partial charge in [0.1, 0.15) is 5.75 Å². The van der Waals surface area contributed by atoms with Gasteiger partial charge in [-0.2, -0.15) is 0 Å². The molecule has 0 aliphatic carbocycles. The minimum Gasteiger partial charge on any atom is -0.506 e. The molecule has 0 radical (unpaired) electrons. The third-order valence-corrected chi connectivity index (χ3v) is 4.43. The molecule has 0 saturated heterocycles. The van der Waals surface area contributed by atoms with Crippen molar-refractivity contribution in [3.63, 3.8) is 0 Å². The molecule has 2 aromatic carbocycles. The van der Waals surface area contributed by atoms with E-state index in [4.69, 9.17) is 12.2 Å². The first kappa shape index (κ1) is 16.3. The minimum atomic E-state index is 0.166. The molecular weight excluding hydrogens is 416 g/mol. The second-order valence-corrected chi connectivity index (χ2v) is 6.64. The number of anilines is 1. The summed E-state index contributed by atoms with van der Waals surface area (Å²) in [6, 6.07) is 11.7. The first-order chi connectivity index (χ1) is 9.97. The summed E-state index contributed by atoms with van der Waals surface area (Å²) in [4.78, 5) is 0. The fourth-order valence-corrected chi connectivity index (χ4v) is 3.17. The molecule has 6 heteroatoms. The van der Waals surface area contributed by atoms with Crippen molar-refractivity contribution in [1.82, 2.24) is 5.32 Å². The van der Waals surface area contributed by atoms with Crippen LogP contribution in [0.1, 0.15) is 11.1 Å². The number of aryl methyl sites for hydroxylation is 1. The van der Waals surface area contributed by atoms with Gasteiger partial charge in [-0.15, -0.1) is 0 Å². The highest BCUT2D eigenvalue weighted by atomic mass is 79.9. The van der Waals surface area contributed by atoms with E-state index in [1.54, 1.807) is 12.1 Å². The van der Waals surface area contributed by atoms with Gasteiger partial charge in [-0.25, -0.2) is 0 Å². The summed E-state index contributed by atoms with van der Waals surface area (Å²) >= 11 is 11.9. The van der Waals surface area contributed by atoms with Gasteiger partial charge in [-0.3, -0.25) is 0 Å². The highest BCUT2D eigenvalue weighted by molar-refractivity contribution is 9.11. The maximum absolute atomic E-state index is 9.68. The van der Waals surface area contributed by atoms with Crippen molar-refractivity contribution in [3.05, 3.63) is 56.5 Å². The summed E-state index contributed by atoms with van der Waals surface area (Å²) in [5, 5.41) is 16.5. The molecule has 0 atom stereocenters. The maximum Gasteiger partial charge on any atom is 0.171 e. The van der Waals surface area contributed by atoms with E-state index in [0.29, 0.717) is 20.6 Å². The summed E-state index contributed by atoms with van der Waals surface area (Å²) in [7, 11) is 0. The molecule has 2 aromatic rings. The van der Waals surface area contributed by atoms with Crippen LogP contribution in [0.15, 0.2) is 45.3 Å². The molecule has 0 aromatic heterocycles. The van der Waals surface area contributed by atoms with Crippen LogP contribution >= 0.6 is 44.1 Å². The fourth-order valence-electron chi connectivity index (χ4n) is 1.80. The maximum atomic E-state index is 9.68. The normalized spacial score (nSPS) is 10.2. The van der Waals surface area contributed by atoms with Gasteiger partial charge in [0.05, 0.1) is 8.95 Å². The van der Waals surface area contributed by atoms with E-state index in [1.807, 2.05) is 12.1 Å². The van der Waals surface area contributed by atoms with E-state index in [0.717, 1.165) is 5.69 Å². The van der Waals surface area contributed by atoms with Gasteiger partial charge < -0.3 is 15.7 Å². The number of hydrogen-bond acceptors (Lipinski definition) is 2. The largest absolute Gasteiger partial charge is 0.506 e. The van der Waals surface area contributed by atoms with E-state index in [2.05, 4.69) is 61.5 Å². The SMILES string of the molecule is Cc1ccccc1CNC(=S)Nc1cc(Br)c(O)c(Br)c1. The van der Waals surface area contributed by atoms with Gasteiger partial charge >= 0.3 is 0 Å². The van der Waals surface area contributed by atoms with Crippen LogP contribution in [0.3, 0.4) is 0 Å². The number of thiocarbonyl (C=S) groups is 1. The number of phenolic OH excluding ortho intramolecular Hbond substituents is 1. The van der Waals surface area contributed by atoms with Crippen LogP contribution in [0.4, 0.5) is 5.69 Å². The summed E-state index contributed by atoms with van der Waals surface area (Å²) in [5.41, 5.74) is 3.21. The average molecular weight is 430 g/mol. The smallest absolute Gasteiger partial charge is 0.171 e. The predicted molar refractivity (Wildman–Crippen MR) is 97.7 cm³/mol. The number of benzene rings is 2. The summed E-state index contributed by atoms with van der Waals surface area (Å²) < 4.78 is 1.20. The van der Waals surface area contributed by atoms with E-state index in [1.165, 1.54) is 11.1 Å². The van der Waals surface area contributed by atoms with E-state index >= 15 is 0 Å². The zero-order valence-electron chi connectivity index (χ0n) is 11.3. The van der Waals surface area contributed by atoms with Crippen molar-refractivity contribution < 1.29 is 5.11 Å². The third kappa shape index (κ3) is 4.43. The lowest BCUT2D eigenvalue weighted by atomic mass is 10.1. The van der Waals surface area contributed by atoms with E-state index in [-0.39, 0.29) is 5.75 Å². The fraction of sp³-hybridized carbons (Fsp3) is 0.133. The topological polar surface area (TPSA) is 44.3 Å². The van der Waals surface area contributed by atoms with Gasteiger partial charge in [-0.1, -0.05) is 24.3 Å². The number of halogens is 2. The van der Waals surface area contributed by atoms with Crippen LogP contribution in [0, 0.1) is 6.92 Å². The highest BCUT2D eigenvalue weighted by Gasteiger charge is 2.07. The zero-order chi connectivity index (χ0) is 15.4. The lowest BCUT2D eigenvalue weighted by Gasteiger charge is -2.13. The summed E-state index contributed by atoms with van der Waals surface area (Å²) in [5.74, 6) is 0.166. The number of nitrogens with one attached hydrogen (secondary N) is 2. The Morgan fingerprint density at radius 1 is 1.19 bits per heavy atom. The standard InChI is InChI=1S/C15H14Br2N2OS/c1-9-4-2-3-5-10(9)8-18-15(21)19-11-6-12(16)14(20)13(17)7-11/h2-7,20H,8H2,1H3,(H2,18,19,21). The van der Waals surface area contributed by atoms with E-state index < -0.39 is 0 Å². The van der Waals surface area contributed by atoms with Crippen LogP contribution in [0.2, 0.25) is 0 Å². The first-order valence-electron chi connectivity index (χ1n) is 6.24. The Morgan fingerprint density at radius 3 is 2.43 bits per heavy atom. The third-order valence-electron chi connectivity index (χ3n) is 2.98. The van der Waals surface area contributed by atoms with Crippen LogP contribution in [0.25, 0.3) is 0 Å². The van der Waals surface area contributed by atoms with Gasteiger partial charge in [0.15, 0.2) is 5.11 Å². The molecule has 0 aliphatic rings. The van der Waals surface area contributed by atoms with Gasteiger partial charge in [0.25, 0.3) is 0 Å². The highest BCUT2D eigenvalue weighted by Crippen LogP contribution is 2.35. The molecule has 0 amide bonds. The second kappa shape index (κ2) is 7.24. The molecule has 0 bridgehead atoms. The summed E-state index contributed by atoms with van der Waals surface area (Å²) in [6.45, 7) is 2.74. The first-order valence-corrected chi connectivity index (χ1v) is 8.24. The molecule has 0 aliphatic heterocycles. The molecule has 110 valence electrons. The molecule has 0 fully saturated rings. The lowest BCUT2D eigenvalue weighted by Crippen LogP contribution is -2.28. The van der Waals surface area contributed by atoms with Crippen molar-refractivity contribution >= 4 is 54.9 Å². The quantitative estimate of drug-likeness (QED) is 0.488. The molecular formula is C15H14Br2N2OS. The molecule has 0 saturated carbocycles. The van der Waals surface area contributed by atoms with Crippen molar-refractivity contribution in [1.29, 1.82) is 0 Å². The van der Waals surface area contributed by atoms with Crippen molar-refractivity contribution in [2.45, 2.75) is 13.5 Å². The molecule has 3 nitrogen and oxygen atoms in total. The minimum absolute atomic E-state index is 0.166. The van der Waals surface area contributed by atoms with Gasteiger partial charge in [-0.05, 0) is 74.3 Å². The lowest BCUT2D eigenvalue weighted by molar-refractivity contribution is 0.468. The monoisotopic (exact) mass is 428 g/mol. The predicted octanol–water partition coefficient (Wildman–Crippen LogP) is 4.71. The Hall–Kier alpha value is -1.11. The van der Waals surface area contributed by atoms with Crippen molar-refractivity contribution in [3.8, 4) is 5.75 Å². The second-order valence-electron chi connectivity index (χ2n) is 4.52. The number of phenols is 1. The molecule has 0 heterocycles. The van der Waals surface area contributed by atoms with E-state index in [9.17, 15) is 5.11 Å². The average Bonchev–Trinajstić information content (AvgIpc) is 2.44. The Balaban J connectivity index is 1.98. The van der Waals surface area contributed by atoms with Crippen molar-refractivity contribution in [2.75, 3.05) is 5.32 Å².